The number of benzene rings is 1. The molecular weight excluding hydrogens is 306 g/mol. The zero-order valence-corrected chi connectivity index (χ0v) is 12.8. The van der Waals surface area contributed by atoms with E-state index in [1.165, 1.54) is 37.4 Å². The standard InChI is InChI=1S/C14H15N3O4S/c1-10-3-6-13(21-10)9-15-17-22(19,20)14-7-4-12(5-8-14)16-11(2)18/h3-9,17H,1-2H3,(H,16,18)/b15-9-. The fraction of sp³-hybridized carbons (Fsp3) is 0.143. The molecule has 0 unspecified atom stereocenters. The van der Waals surface area contributed by atoms with E-state index in [1.807, 2.05) is 0 Å². The van der Waals surface area contributed by atoms with E-state index in [2.05, 4.69) is 15.2 Å². The number of amides is 1. The Balaban J connectivity index is 2.06. The van der Waals surface area contributed by atoms with Crippen molar-refractivity contribution in [2.75, 3.05) is 5.32 Å². The predicted molar refractivity (Wildman–Crippen MR) is 82.1 cm³/mol. The summed E-state index contributed by atoms with van der Waals surface area (Å²) < 4.78 is 29.3. The lowest BCUT2D eigenvalue weighted by Gasteiger charge is -2.05. The van der Waals surface area contributed by atoms with Crippen LogP contribution in [-0.2, 0) is 14.8 Å². The Kier molecular flexibility index (Phi) is 4.62. The van der Waals surface area contributed by atoms with Crippen molar-refractivity contribution in [2.45, 2.75) is 18.7 Å². The van der Waals surface area contributed by atoms with Gasteiger partial charge in [0, 0.05) is 12.6 Å². The molecule has 1 heterocycles. The number of aryl methyl sites for hydroxylation is 1. The van der Waals surface area contributed by atoms with Crippen LogP contribution in [0.3, 0.4) is 0 Å². The van der Waals surface area contributed by atoms with Crippen LogP contribution in [0.15, 0.2) is 50.8 Å². The molecular formula is C14H15N3O4S. The number of nitrogens with one attached hydrogen (secondary N) is 2. The Labute approximate surface area is 128 Å². The minimum Gasteiger partial charge on any atom is -0.460 e. The Morgan fingerprint density at radius 1 is 1.18 bits per heavy atom. The predicted octanol–water partition coefficient (Wildman–Crippen LogP) is 1.86. The SMILES string of the molecule is CC(=O)Nc1ccc(S(=O)(=O)N/N=C\c2ccc(C)o2)cc1. The van der Waals surface area contributed by atoms with Gasteiger partial charge in [0.05, 0.1) is 11.1 Å². The number of carbonyl (C=O) groups is 1. The number of hydrogen-bond donors (Lipinski definition) is 2. The lowest BCUT2D eigenvalue weighted by atomic mass is 10.3. The molecule has 0 spiro atoms. The number of hydrazone groups is 1. The second-order valence-corrected chi connectivity index (χ2v) is 6.17. The van der Waals surface area contributed by atoms with Crippen LogP contribution in [0.5, 0.6) is 0 Å². The second-order valence-electron chi connectivity index (χ2n) is 4.51. The van der Waals surface area contributed by atoms with Gasteiger partial charge in [-0.3, -0.25) is 4.79 Å². The third kappa shape index (κ3) is 4.19. The van der Waals surface area contributed by atoms with Crippen molar-refractivity contribution in [3.63, 3.8) is 0 Å². The molecule has 1 aromatic heterocycles. The van der Waals surface area contributed by atoms with E-state index in [0.717, 1.165) is 0 Å². The number of hydrogen-bond acceptors (Lipinski definition) is 5. The lowest BCUT2D eigenvalue weighted by molar-refractivity contribution is -0.114. The van der Waals surface area contributed by atoms with Crippen LogP contribution in [0.2, 0.25) is 0 Å². The molecule has 0 bridgehead atoms. The van der Waals surface area contributed by atoms with Gasteiger partial charge in [-0.2, -0.15) is 18.4 Å². The topological polar surface area (TPSA) is 101 Å². The van der Waals surface area contributed by atoms with Crippen molar-refractivity contribution in [3.8, 4) is 0 Å². The summed E-state index contributed by atoms with van der Waals surface area (Å²) in [5.74, 6) is 0.922. The van der Waals surface area contributed by atoms with Gasteiger partial charge in [-0.15, -0.1) is 0 Å². The summed E-state index contributed by atoms with van der Waals surface area (Å²) in [7, 11) is -3.77. The van der Waals surface area contributed by atoms with Crippen LogP contribution in [-0.4, -0.2) is 20.5 Å². The molecule has 0 aliphatic heterocycles. The minimum atomic E-state index is -3.77. The van der Waals surface area contributed by atoms with E-state index in [1.54, 1.807) is 19.1 Å². The summed E-state index contributed by atoms with van der Waals surface area (Å²) in [6, 6.07) is 9.16. The molecule has 0 aliphatic rings. The van der Waals surface area contributed by atoms with E-state index < -0.39 is 10.0 Å². The maximum Gasteiger partial charge on any atom is 0.276 e. The van der Waals surface area contributed by atoms with Crippen molar-refractivity contribution in [1.29, 1.82) is 0 Å². The molecule has 7 nitrogen and oxygen atoms in total. The van der Waals surface area contributed by atoms with Crippen LogP contribution < -0.4 is 10.1 Å². The third-order valence-electron chi connectivity index (χ3n) is 2.61. The summed E-state index contributed by atoms with van der Waals surface area (Å²) in [6.45, 7) is 3.15. The van der Waals surface area contributed by atoms with Crippen LogP contribution >= 0.6 is 0 Å². The Morgan fingerprint density at radius 2 is 1.86 bits per heavy atom. The van der Waals surface area contributed by atoms with Crippen molar-refractivity contribution < 1.29 is 17.6 Å². The van der Waals surface area contributed by atoms with Gasteiger partial charge >= 0.3 is 0 Å². The average molecular weight is 321 g/mol. The van der Waals surface area contributed by atoms with E-state index in [4.69, 9.17) is 4.42 Å². The molecule has 22 heavy (non-hydrogen) atoms. The summed E-state index contributed by atoms with van der Waals surface area (Å²) >= 11 is 0. The molecule has 2 aromatic rings. The first-order valence-corrected chi connectivity index (χ1v) is 7.84. The molecule has 0 radical (unpaired) electrons. The zero-order valence-electron chi connectivity index (χ0n) is 12.0. The van der Waals surface area contributed by atoms with Crippen LogP contribution in [0.25, 0.3) is 0 Å². The Morgan fingerprint density at radius 3 is 2.41 bits per heavy atom. The molecule has 0 aliphatic carbocycles. The summed E-state index contributed by atoms with van der Waals surface area (Å²) in [4.78, 5) is 13.0. The van der Waals surface area contributed by atoms with Gasteiger partial charge < -0.3 is 9.73 Å². The second kappa shape index (κ2) is 6.44. The molecule has 0 atom stereocenters. The van der Waals surface area contributed by atoms with Gasteiger partial charge in [-0.25, -0.2) is 0 Å². The highest BCUT2D eigenvalue weighted by Crippen LogP contribution is 2.14. The quantitative estimate of drug-likeness (QED) is 0.648. The zero-order chi connectivity index (χ0) is 16.2. The van der Waals surface area contributed by atoms with Crippen LogP contribution in [0, 0.1) is 6.92 Å². The molecule has 8 heteroatoms. The van der Waals surface area contributed by atoms with Crippen molar-refractivity contribution >= 4 is 27.8 Å². The highest BCUT2D eigenvalue weighted by Gasteiger charge is 2.12. The van der Waals surface area contributed by atoms with Crippen molar-refractivity contribution in [1.82, 2.24) is 4.83 Å². The van der Waals surface area contributed by atoms with Crippen molar-refractivity contribution in [3.05, 3.63) is 47.9 Å². The molecule has 2 rings (SSSR count). The molecule has 0 saturated heterocycles. The Hall–Kier alpha value is -2.61. The lowest BCUT2D eigenvalue weighted by Crippen LogP contribution is -2.18. The number of furan rings is 1. The highest BCUT2D eigenvalue weighted by molar-refractivity contribution is 7.89. The van der Waals surface area contributed by atoms with Crippen LogP contribution in [0.1, 0.15) is 18.4 Å². The number of anilines is 1. The molecule has 1 amide bonds. The number of carbonyl (C=O) groups excluding carboxylic acids is 1. The average Bonchev–Trinajstić information content (AvgIpc) is 2.84. The van der Waals surface area contributed by atoms with E-state index in [0.29, 0.717) is 17.2 Å². The van der Waals surface area contributed by atoms with E-state index >= 15 is 0 Å². The number of rotatable bonds is 5. The van der Waals surface area contributed by atoms with Gasteiger partial charge in [-0.05, 0) is 43.3 Å². The largest absolute Gasteiger partial charge is 0.460 e. The normalized spacial score (nSPS) is 11.5. The molecule has 0 saturated carbocycles. The van der Waals surface area contributed by atoms with Crippen molar-refractivity contribution in [2.24, 2.45) is 5.10 Å². The highest BCUT2D eigenvalue weighted by atomic mass is 32.2. The molecule has 0 fully saturated rings. The van der Waals surface area contributed by atoms with Gasteiger partial charge in [-0.1, -0.05) is 0 Å². The maximum atomic E-state index is 12.0. The van der Waals surface area contributed by atoms with Crippen LogP contribution in [0.4, 0.5) is 5.69 Å². The minimum absolute atomic E-state index is 0.0365. The first kappa shape index (κ1) is 15.8. The fourth-order valence-corrected chi connectivity index (χ4v) is 2.45. The van der Waals surface area contributed by atoms with Gasteiger partial charge in [0.2, 0.25) is 5.91 Å². The van der Waals surface area contributed by atoms with E-state index in [-0.39, 0.29) is 10.8 Å². The number of nitrogens with zero attached hydrogens (tertiary/aromatic N) is 1. The van der Waals surface area contributed by atoms with Gasteiger partial charge in [0.1, 0.15) is 11.5 Å². The summed E-state index contributed by atoms with van der Waals surface area (Å²) in [5.41, 5.74) is 0.515. The van der Waals surface area contributed by atoms with Gasteiger partial charge in [0.25, 0.3) is 10.0 Å². The molecule has 116 valence electrons. The third-order valence-corrected chi connectivity index (χ3v) is 3.85. The fourth-order valence-electron chi connectivity index (χ4n) is 1.66. The van der Waals surface area contributed by atoms with E-state index in [9.17, 15) is 13.2 Å². The Bertz CT molecular complexity index is 792. The first-order chi connectivity index (χ1) is 10.4. The maximum absolute atomic E-state index is 12.0. The number of sulfonamides is 1. The first-order valence-electron chi connectivity index (χ1n) is 6.36. The molecule has 1 aromatic carbocycles. The van der Waals surface area contributed by atoms with Gasteiger partial charge in [0.15, 0.2) is 0 Å². The smallest absolute Gasteiger partial charge is 0.276 e. The summed E-state index contributed by atoms with van der Waals surface area (Å²) in [5, 5.41) is 6.20. The summed E-state index contributed by atoms with van der Waals surface area (Å²) in [6.07, 6.45) is 1.27. The monoisotopic (exact) mass is 321 g/mol. The molecule has 2 N–H and O–H groups in total.